The molecule has 1 heterocycles. The first-order valence-corrected chi connectivity index (χ1v) is 7.96. The molecule has 3 aromatic carbocycles. The molecule has 1 aromatic heterocycles. The van der Waals surface area contributed by atoms with E-state index in [0.717, 1.165) is 16.9 Å². The van der Waals surface area contributed by atoms with Gasteiger partial charge in [0.25, 0.3) is 0 Å². The number of aromatic nitrogens is 4. The Kier molecular flexibility index (Phi) is 3.81. The van der Waals surface area contributed by atoms with Crippen LogP contribution in [-0.4, -0.2) is 15.0 Å². The number of para-hydroxylation sites is 2. The summed E-state index contributed by atoms with van der Waals surface area (Å²) < 4.78 is 0. The van der Waals surface area contributed by atoms with Gasteiger partial charge in [-0.2, -0.15) is 0 Å². The summed E-state index contributed by atoms with van der Waals surface area (Å²) in [6, 6.07) is 27.4. The van der Waals surface area contributed by atoms with Crippen molar-refractivity contribution in [2.45, 2.75) is 0 Å². The molecule has 5 heteroatoms. The Morgan fingerprint density at radius 3 is 2.08 bits per heavy atom. The quantitative estimate of drug-likeness (QED) is 0.533. The van der Waals surface area contributed by atoms with Crippen molar-refractivity contribution in [3.05, 3.63) is 90.0 Å². The van der Waals surface area contributed by atoms with E-state index in [2.05, 4.69) is 10.2 Å². The van der Waals surface area contributed by atoms with Crippen molar-refractivity contribution in [3.8, 4) is 22.8 Å². The van der Waals surface area contributed by atoms with Gasteiger partial charge in [0, 0.05) is 4.80 Å². The number of halogens is 1. The highest BCUT2D eigenvalue weighted by atomic mass is 35.5. The lowest BCUT2D eigenvalue weighted by atomic mass is 10.2. The Morgan fingerprint density at radius 1 is 0.750 bits per heavy atom. The molecule has 24 heavy (non-hydrogen) atoms. The zero-order valence-corrected chi connectivity index (χ0v) is 13.5. The van der Waals surface area contributed by atoms with E-state index in [1.807, 2.05) is 84.9 Å². The van der Waals surface area contributed by atoms with Crippen LogP contribution in [0.2, 0.25) is 5.02 Å². The molecule has 0 unspecified atom stereocenters. The first kappa shape index (κ1) is 14.6. The van der Waals surface area contributed by atoms with Crippen LogP contribution >= 0.6 is 11.6 Å². The molecule has 0 saturated heterocycles. The Morgan fingerprint density at radius 2 is 1.38 bits per heavy atom. The van der Waals surface area contributed by atoms with Crippen molar-refractivity contribution in [1.82, 2.24) is 15.0 Å². The van der Waals surface area contributed by atoms with E-state index in [1.165, 1.54) is 0 Å². The topological polar surface area (TPSA) is 34.6 Å². The summed E-state index contributed by atoms with van der Waals surface area (Å²) in [4.78, 5) is 3.54. The Bertz CT molecular complexity index is 908. The Labute approximate surface area is 144 Å². The lowest BCUT2D eigenvalue weighted by Gasteiger charge is -1.98. The zero-order valence-electron chi connectivity index (χ0n) is 12.7. The molecule has 0 fully saturated rings. The van der Waals surface area contributed by atoms with Crippen LogP contribution < -0.4 is 4.80 Å². The van der Waals surface area contributed by atoms with Crippen LogP contribution in [0.4, 0.5) is 0 Å². The van der Waals surface area contributed by atoms with Crippen LogP contribution in [0.5, 0.6) is 0 Å². The lowest BCUT2D eigenvalue weighted by Crippen LogP contribution is -2.43. The zero-order chi connectivity index (χ0) is 16.4. The molecule has 4 nitrogen and oxygen atoms in total. The van der Waals surface area contributed by atoms with Crippen molar-refractivity contribution < 1.29 is 4.80 Å². The molecule has 116 valence electrons. The van der Waals surface area contributed by atoms with Crippen LogP contribution in [0, 0.1) is 0 Å². The average molecular weight is 334 g/mol. The number of rotatable bonds is 3. The van der Waals surface area contributed by atoms with Crippen molar-refractivity contribution in [2.75, 3.05) is 0 Å². The third-order valence-corrected chi connectivity index (χ3v) is 3.98. The summed E-state index contributed by atoms with van der Waals surface area (Å²) in [6.07, 6.45) is 0. The Hall–Kier alpha value is -2.98. The van der Waals surface area contributed by atoms with Crippen molar-refractivity contribution in [2.24, 2.45) is 0 Å². The van der Waals surface area contributed by atoms with Gasteiger partial charge in [0.2, 0.25) is 0 Å². The fourth-order valence-corrected chi connectivity index (χ4v) is 2.71. The van der Waals surface area contributed by atoms with Crippen LogP contribution in [0.15, 0.2) is 84.9 Å². The minimum atomic E-state index is 0.577. The van der Waals surface area contributed by atoms with E-state index in [-0.39, 0.29) is 0 Å². The molecule has 0 aliphatic carbocycles. The molecule has 0 amide bonds. The van der Waals surface area contributed by atoms with E-state index in [9.17, 15) is 0 Å². The van der Waals surface area contributed by atoms with Gasteiger partial charge in [0.1, 0.15) is 5.69 Å². The number of nitrogens with zero attached hydrogens (tertiary/aromatic N) is 4. The van der Waals surface area contributed by atoms with Gasteiger partial charge in [-0.3, -0.25) is 0 Å². The summed E-state index contributed by atoms with van der Waals surface area (Å²) >= 11 is 6.31. The first-order chi connectivity index (χ1) is 11.8. The van der Waals surface area contributed by atoms with Crippen LogP contribution in [0.25, 0.3) is 22.8 Å². The third-order valence-electron chi connectivity index (χ3n) is 3.65. The summed E-state index contributed by atoms with van der Waals surface area (Å²) in [5, 5.41) is 9.97. The van der Waals surface area contributed by atoms with Gasteiger partial charge in [-0.15, -0.1) is 0 Å². The van der Waals surface area contributed by atoms with Crippen LogP contribution in [0.3, 0.4) is 0 Å². The molecule has 0 spiro atoms. The second-order valence-corrected chi connectivity index (χ2v) is 5.66. The average Bonchev–Trinajstić information content (AvgIpc) is 3.09. The van der Waals surface area contributed by atoms with Crippen LogP contribution in [0.1, 0.15) is 0 Å². The van der Waals surface area contributed by atoms with Crippen molar-refractivity contribution in [1.29, 1.82) is 0 Å². The van der Waals surface area contributed by atoms with Crippen LogP contribution in [-0.2, 0) is 0 Å². The molecule has 0 aliphatic rings. The largest absolute Gasteiger partial charge is 0.341 e. The summed E-state index contributed by atoms with van der Waals surface area (Å²) in [5.74, 6) is 0.577. The van der Waals surface area contributed by atoms with E-state index in [4.69, 9.17) is 11.6 Å². The van der Waals surface area contributed by atoms with E-state index in [1.54, 1.807) is 9.59 Å². The monoisotopic (exact) mass is 333 g/mol. The highest BCUT2D eigenvalue weighted by molar-refractivity contribution is 6.33. The SMILES string of the molecule is Clc1ccccc1-c1nn(-c2ccccc2)[n+](-c2ccccc2)n1. The molecular formula is C19H14ClN4+. The standard InChI is InChI=1S/C19H14ClN4/c20-18-14-8-7-13-17(18)19-21-23(15-9-3-1-4-10-15)24(22-19)16-11-5-2-6-12-16/h1-14H/q+1. The van der Waals surface area contributed by atoms with Gasteiger partial charge in [-0.1, -0.05) is 60.1 Å². The molecule has 4 rings (SSSR count). The van der Waals surface area contributed by atoms with Gasteiger partial charge >= 0.3 is 5.82 Å². The van der Waals surface area contributed by atoms with E-state index >= 15 is 0 Å². The normalized spacial score (nSPS) is 10.7. The van der Waals surface area contributed by atoms with Gasteiger partial charge in [-0.05, 0) is 46.3 Å². The number of tetrazole rings is 1. The molecule has 0 aliphatic heterocycles. The second kappa shape index (κ2) is 6.26. The molecule has 0 N–H and O–H groups in total. The van der Waals surface area contributed by atoms with Gasteiger partial charge in [0.15, 0.2) is 5.69 Å². The highest BCUT2D eigenvalue weighted by Crippen LogP contribution is 2.24. The minimum absolute atomic E-state index is 0.577. The minimum Gasteiger partial charge on any atom is -0.0834 e. The second-order valence-electron chi connectivity index (χ2n) is 5.25. The van der Waals surface area contributed by atoms with E-state index < -0.39 is 0 Å². The fourth-order valence-electron chi connectivity index (χ4n) is 2.49. The predicted molar refractivity (Wildman–Crippen MR) is 93.3 cm³/mol. The maximum atomic E-state index is 6.31. The van der Waals surface area contributed by atoms with E-state index in [0.29, 0.717) is 10.8 Å². The molecule has 0 radical (unpaired) electrons. The van der Waals surface area contributed by atoms with Crippen molar-refractivity contribution >= 4 is 11.6 Å². The summed E-state index contributed by atoms with van der Waals surface area (Å²) in [5.41, 5.74) is 2.65. The summed E-state index contributed by atoms with van der Waals surface area (Å²) in [6.45, 7) is 0. The molecule has 0 atom stereocenters. The maximum Gasteiger partial charge on any atom is 0.341 e. The molecule has 0 bridgehead atoms. The smallest absolute Gasteiger partial charge is 0.0834 e. The maximum absolute atomic E-state index is 6.31. The predicted octanol–water partition coefficient (Wildman–Crippen LogP) is 3.86. The Balaban J connectivity index is 1.94. The number of hydrogen-bond donors (Lipinski definition) is 0. The summed E-state index contributed by atoms with van der Waals surface area (Å²) in [7, 11) is 0. The lowest BCUT2D eigenvalue weighted by molar-refractivity contribution is -0.734. The highest BCUT2D eigenvalue weighted by Gasteiger charge is 2.24. The van der Waals surface area contributed by atoms with Gasteiger partial charge < -0.3 is 0 Å². The molecular weight excluding hydrogens is 320 g/mol. The van der Waals surface area contributed by atoms with Gasteiger partial charge in [-0.25, -0.2) is 0 Å². The molecule has 0 saturated carbocycles. The first-order valence-electron chi connectivity index (χ1n) is 7.58. The number of hydrogen-bond acceptors (Lipinski definition) is 2. The van der Waals surface area contributed by atoms with Crippen molar-refractivity contribution in [3.63, 3.8) is 0 Å². The number of benzene rings is 3. The van der Waals surface area contributed by atoms with Gasteiger partial charge in [0.05, 0.1) is 15.7 Å². The third kappa shape index (κ3) is 2.68. The fraction of sp³-hybridized carbons (Fsp3) is 0. The molecule has 4 aromatic rings.